The Labute approximate surface area is 172 Å². The van der Waals surface area contributed by atoms with Gasteiger partial charge in [-0.15, -0.1) is 11.3 Å². The second-order valence-corrected chi connectivity index (χ2v) is 8.46. The molecule has 2 aliphatic rings. The Morgan fingerprint density at radius 3 is 2.48 bits per heavy atom. The third kappa shape index (κ3) is 3.27. The van der Waals surface area contributed by atoms with Crippen molar-refractivity contribution in [3.8, 4) is 10.4 Å². The van der Waals surface area contributed by atoms with Crippen LogP contribution in [0.1, 0.15) is 32.9 Å². The Morgan fingerprint density at radius 1 is 1.03 bits per heavy atom. The summed E-state index contributed by atoms with van der Waals surface area (Å²) in [7, 11) is 0. The number of hydrogen-bond donors (Lipinski definition) is 2. The molecule has 1 aromatic carbocycles. The molecule has 0 bridgehead atoms. The van der Waals surface area contributed by atoms with E-state index < -0.39 is 5.66 Å². The summed E-state index contributed by atoms with van der Waals surface area (Å²) < 4.78 is 0. The van der Waals surface area contributed by atoms with E-state index in [9.17, 15) is 9.59 Å². The molecule has 1 spiro atoms. The van der Waals surface area contributed by atoms with Crippen molar-refractivity contribution in [3.05, 3.63) is 71.4 Å². The lowest BCUT2D eigenvalue weighted by molar-refractivity contribution is 0.0641. The van der Waals surface area contributed by atoms with E-state index in [-0.39, 0.29) is 11.8 Å². The van der Waals surface area contributed by atoms with Crippen molar-refractivity contribution in [1.82, 2.24) is 15.2 Å². The second kappa shape index (κ2) is 7.00. The van der Waals surface area contributed by atoms with Gasteiger partial charge in [0.05, 0.1) is 5.69 Å². The fourth-order valence-electron chi connectivity index (χ4n) is 3.98. The smallest absolute Gasteiger partial charge is 0.265 e. The number of piperidine rings is 1. The molecule has 2 amide bonds. The van der Waals surface area contributed by atoms with Crippen LogP contribution < -0.4 is 10.6 Å². The van der Waals surface area contributed by atoms with Crippen LogP contribution in [0.25, 0.3) is 10.4 Å². The summed E-state index contributed by atoms with van der Waals surface area (Å²) in [5.41, 5.74) is 2.11. The number of anilines is 1. The maximum atomic E-state index is 12.8. The molecule has 2 N–H and O–H groups in total. The van der Waals surface area contributed by atoms with Crippen LogP contribution in [0, 0.1) is 0 Å². The minimum atomic E-state index is -0.506. The van der Waals surface area contributed by atoms with E-state index in [1.54, 1.807) is 12.4 Å². The molecule has 1 fully saturated rings. The lowest BCUT2D eigenvalue weighted by atomic mass is 9.93. The molecule has 2 aromatic heterocycles. The van der Waals surface area contributed by atoms with Gasteiger partial charge in [0.25, 0.3) is 11.8 Å². The van der Waals surface area contributed by atoms with E-state index in [4.69, 9.17) is 0 Å². The molecule has 0 saturated carbocycles. The Bertz CT molecular complexity index is 1060. The summed E-state index contributed by atoms with van der Waals surface area (Å²) in [5.74, 6) is -0.00864. The molecular weight excluding hydrogens is 384 g/mol. The predicted molar refractivity (Wildman–Crippen MR) is 113 cm³/mol. The van der Waals surface area contributed by atoms with Gasteiger partial charge in [0.15, 0.2) is 0 Å². The van der Waals surface area contributed by atoms with Crippen LogP contribution in [0.2, 0.25) is 0 Å². The standard InChI is InChI=1S/C22H20N4O2S/c27-20-19-17(14-18(29-19)15-6-10-23-11-7-15)24-22(25-20)8-12-26(13-9-22)21(28)16-4-2-1-3-5-16/h1-7,10-11,14,24H,8-9,12-13H2,(H,25,27). The fourth-order valence-corrected chi connectivity index (χ4v) is 4.99. The lowest BCUT2D eigenvalue weighted by Gasteiger charge is -2.45. The van der Waals surface area contributed by atoms with Gasteiger partial charge in [-0.05, 0) is 35.9 Å². The van der Waals surface area contributed by atoms with Gasteiger partial charge in [-0.2, -0.15) is 0 Å². The molecule has 0 atom stereocenters. The molecular formula is C22H20N4O2S. The molecule has 4 heterocycles. The summed E-state index contributed by atoms with van der Waals surface area (Å²) in [4.78, 5) is 33.2. The highest BCUT2D eigenvalue weighted by Crippen LogP contribution is 2.40. The molecule has 1 saturated heterocycles. The maximum Gasteiger partial charge on any atom is 0.265 e. The minimum absolute atomic E-state index is 0.0405. The third-order valence-corrected chi connectivity index (χ3v) is 6.74. The summed E-state index contributed by atoms with van der Waals surface area (Å²) in [6.45, 7) is 1.19. The van der Waals surface area contributed by atoms with Crippen LogP contribution in [0.4, 0.5) is 5.69 Å². The van der Waals surface area contributed by atoms with Crippen LogP contribution in [0.5, 0.6) is 0 Å². The molecule has 0 unspecified atom stereocenters. The Morgan fingerprint density at radius 2 is 1.76 bits per heavy atom. The second-order valence-electron chi connectivity index (χ2n) is 7.41. The largest absolute Gasteiger partial charge is 0.361 e. The van der Waals surface area contributed by atoms with E-state index in [0.29, 0.717) is 36.4 Å². The topological polar surface area (TPSA) is 74.3 Å². The van der Waals surface area contributed by atoms with Crippen LogP contribution >= 0.6 is 11.3 Å². The molecule has 0 aliphatic carbocycles. The van der Waals surface area contributed by atoms with Gasteiger partial charge in [0.1, 0.15) is 10.5 Å². The van der Waals surface area contributed by atoms with Gasteiger partial charge in [0, 0.05) is 48.8 Å². The number of hydrogen-bond acceptors (Lipinski definition) is 5. The minimum Gasteiger partial charge on any atom is -0.361 e. The number of nitrogens with one attached hydrogen (secondary N) is 2. The number of thiophene rings is 1. The first kappa shape index (κ1) is 17.9. The van der Waals surface area contributed by atoms with Gasteiger partial charge in [0.2, 0.25) is 0 Å². The third-order valence-electron chi connectivity index (χ3n) is 5.55. The predicted octanol–water partition coefficient (Wildman–Crippen LogP) is 3.60. The SMILES string of the molecule is O=C1NC2(CCN(C(=O)c3ccccc3)CC2)Nc2cc(-c3ccncc3)sc21. The Hall–Kier alpha value is -3.19. The van der Waals surface area contributed by atoms with Crippen LogP contribution in [-0.4, -0.2) is 40.5 Å². The molecule has 0 radical (unpaired) electrons. The lowest BCUT2D eigenvalue weighted by Crippen LogP contribution is -2.62. The van der Waals surface area contributed by atoms with Gasteiger partial charge < -0.3 is 15.5 Å². The monoisotopic (exact) mass is 404 g/mol. The summed E-state index contributed by atoms with van der Waals surface area (Å²) >= 11 is 1.48. The summed E-state index contributed by atoms with van der Waals surface area (Å²) in [5, 5.41) is 6.72. The summed E-state index contributed by atoms with van der Waals surface area (Å²) in [6, 6.07) is 15.3. The quantitative estimate of drug-likeness (QED) is 0.684. The zero-order valence-corrected chi connectivity index (χ0v) is 16.5. The van der Waals surface area contributed by atoms with E-state index in [1.807, 2.05) is 53.4 Å². The fraction of sp³-hybridized carbons (Fsp3) is 0.227. The number of amides is 2. The van der Waals surface area contributed by atoms with Gasteiger partial charge in [-0.1, -0.05) is 18.2 Å². The highest BCUT2D eigenvalue weighted by molar-refractivity contribution is 7.18. The van der Waals surface area contributed by atoms with Crippen molar-refractivity contribution < 1.29 is 9.59 Å². The number of benzene rings is 1. The maximum absolute atomic E-state index is 12.8. The van der Waals surface area contributed by atoms with Crippen molar-refractivity contribution in [1.29, 1.82) is 0 Å². The first-order chi connectivity index (χ1) is 14.1. The highest BCUT2D eigenvalue weighted by Gasteiger charge is 2.42. The molecule has 2 aliphatic heterocycles. The molecule has 5 rings (SSSR count). The van der Waals surface area contributed by atoms with Crippen molar-refractivity contribution >= 4 is 28.8 Å². The van der Waals surface area contributed by atoms with Gasteiger partial charge in [-0.25, -0.2) is 0 Å². The van der Waals surface area contributed by atoms with Crippen LogP contribution in [0.15, 0.2) is 60.9 Å². The average Bonchev–Trinajstić information content (AvgIpc) is 3.19. The molecule has 3 aromatic rings. The summed E-state index contributed by atoms with van der Waals surface area (Å²) in [6.07, 6.45) is 4.83. The Kier molecular flexibility index (Phi) is 4.32. The van der Waals surface area contributed by atoms with Crippen LogP contribution in [0.3, 0.4) is 0 Å². The number of carbonyl (C=O) groups excluding carboxylic acids is 2. The zero-order valence-electron chi connectivity index (χ0n) is 15.7. The molecule has 29 heavy (non-hydrogen) atoms. The number of fused-ring (bicyclic) bond motifs is 1. The van der Waals surface area contributed by atoms with Gasteiger partial charge >= 0.3 is 0 Å². The average molecular weight is 404 g/mol. The van der Waals surface area contributed by atoms with Crippen LogP contribution in [-0.2, 0) is 0 Å². The number of likely N-dealkylation sites (tertiary alicyclic amines) is 1. The normalized spacial score (nSPS) is 17.4. The van der Waals surface area contributed by atoms with Crippen molar-refractivity contribution in [2.75, 3.05) is 18.4 Å². The van der Waals surface area contributed by atoms with E-state index in [1.165, 1.54) is 11.3 Å². The van der Waals surface area contributed by atoms with Gasteiger partial charge in [-0.3, -0.25) is 14.6 Å². The van der Waals surface area contributed by atoms with Crippen molar-refractivity contribution in [2.45, 2.75) is 18.5 Å². The number of carbonyl (C=O) groups is 2. The van der Waals surface area contributed by atoms with Crippen molar-refractivity contribution in [2.24, 2.45) is 0 Å². The molecule has 6 nitrogen and oxygen atoms in total. The number of nitrogens with zero attached hydrogens (tertiary/aromatic N) is 2. The van der Waals surface area contributed by atoms with Crippen molar-refractivity contribution in [3.63, 3.8) is 0 Å². The first-order valence-corrected chi connectivity index (χ1v) is 10.4. The number of pyridine rings is 1. The van der Waals surface area contributed by atoms with E-state index >= 15 is 0 Å². The molecule has 146 valence electrons. The highest BCUT2D eigenvalue weighted by atomic mass is 32.1. The first-order valence-electron chi connectivity index (χ1n) is 9.63. The number of rotatable bonds is 2. The number of aromatic nitrogens is 1. The van der Waals surface area contributed by atoms with E-state index in [2.05, 4.69) is 15.6 Å². The zero-order chi connectivity index (χ0) is 19.8. The molecule has 7 heteroatoms. The van der Waals surface area contributed by atoms with E-state index in [0.717, 1.165) is 16.1 Å². The Balaban J connectivity index is 1.33.